The highest BCUT2D eigenvalue weighted by molar-refractivity contribution is 9.10. The second kappa shape index (κ2) is 9.29. The van der Waals surface area contributed by atoms with Gasteiger partial charge in [0.2, 0.25) is 0 Å². The van der Waals surface area contributed by atoms with E-state index in [1.165, 1.54) is 24.4 Å². The summed E-state index contributed by atoms with van der Waals surface area (Å²) in [5, 5.41) is 8.67. The number of alkyl halides is 3. The van der Waals surface area contributed by atoms with Crippen LogP contribution in [-0.2, 0) is 6.18 Å². The zero-order chi connectivity index (χ0) is 23.6. The van der Waals surface area contributed by atoms with Gasteiger partial charge in [-0.15, -0.1) is 0 Å². The normalized spacial score (nSPS) is 11.3. The number of carbonyl (C=O) groups is 2. The molecule has 2 heterocycles. The van der Waals surface area contributed by atoms with Gasteiger partial charge in [-0.05, 0) is 43.7 Å². The molecule has 0 atom stereocenters. The predicted molar refractivity (Wildman–Crippen MR) is 116 cm³/mol. The van der Waals surface area contributed by atoms with E-state index < -0.39 is 29.4 Å². The van der Waals surface area contributed by atoms with Crippen molar-refractivity contribution < 1.29 is 22.8 Å². The monoisotopic (exact) mass is 529 g/mol. The summed E-state index contributed by atoms with van der Waals surface area (Å²) < 4.78 is 41.3. The largest absolute Gasteiger partial charge is 0.435 e. The van der Waals surface area contributed by atoms with Gasteiger partial charge in [-0.3, -0.25) is 9.59 Å². The Hall–Kier alpha value is -2.92. The number of rotatable bonds is 5. The van der Waals surface area contributed by atoms with Crippen LogP contribution in [0.15, 0.2) is 41.0 Å². The topological polar surface area (TPSA) is 88.9 Å². The van der Waals surface area contributed by atoms with Gasteiger partial charge in [-0.25, -0.2) is 9.67 Å². The summed E-state index contributed by atoms with van der Waals surface area (Å²) in [5.74, 6) is -1.53. The van der Waals surface area contributed by atoms with Crippen LogP contribution in [0.2, 0.25) is 5.02 Å². The zero-order valence-electron chi connectivity index (χ0n) is 16.7. The van der Waals surface area contributed by atoms with Crippen LogP contribution in [0, 0.1) is 6.92 Å². The van der Waals surface area contributed by atoms with E-state index in [1.807, 2.05) is 0 Å². The van der Waals surface area contributed by atoms with Crippen LogP contribution in [0.25, 0.3) is 5.82 Å². The number of nitrogens with zero attached hydrogens (tertiary/aromatic N) is 3. The molecule has 12 heteroatoms. The molecule has 2 N–H and O–H groups in total. The molecule has 0 radical (unpaired) electrons. The molecule has 3 aromatic rings. The average molecular weight is 531 g/mol. The second-order valence-electron chi connectivity index (χ2n) is 6.59. The van der Waals surface area contributed by atoms with Crippen LogP contribution in [0.5, 0.6) is 0 Å². The van der Waals surface area contributed by atoms with E-state index in [0.717, 1.165) is 4.68 Å². The van der Waals surface area contributed by atoms with Gasteiger partial charge in [0.25, 0.3) is 11.8 Å². The summed E-state index contributed by atoms with van der Waals surface area (Å²) >= 11 is 9.37. The molecule has 0 aliphatic heterocycles. The highest BCUT2D eigenvalue weighted by Crippen LogP contribution is 2.31. The number of carbonyl (C=O) groups excluding carboxylic acids is 2. The van der Waals surface area contributed by atoms with E-state index in [-0.39, 0.29) is 22.1 Å². The smallest absolute Gasteiger partial charge is 0.352 e. The molecule has 3 rings (SSSR count). The van der Waals surface area contributed by atoms with Crippen LogP contribution in [-0.4, -0.2) is 33.1 Å². The van der Waals surface area contributed by atoms with Gasteiger partial charge in [0, 0.05) is 23.3 Å². The molecule has 2 amide bonds. The molecule has 0 saturated carbocycles. The van der Waals surface area contributed by atoms with Crippen molar-refractivity contribution in [3.8, 4) is 5.82 Å². The van der Waals surface area contributed by atoms with Crippen molar-refractivity contribution in [3.63, 3.8) is 0 Å². The minimum Gasteiger partial charge on any atom is -0.352 e. The molecule has 168 valence electrons. The maximum absolute atomic E-state index is 13.3. The molecule has 0 fully saturated rings. The van der Waals surface area contributed by atoms with Gasteiger partial charge in [0.05, 0.1) is 16.3 Å². The highest BCUT2D eigenvalue weighted by atomic mass is 79.9. The van der Waals surface area contributed by atoms with Crippen molar-refractivity contribution in [1.29, 1.82) is 0 Å². The van der Waals surface area contributed by atoms with E-state index in [9.17, 15) is 22.8 Å². The molecule has 2 aromatic heterocycles. The maximum Gasteiger partial charge on any atom is 0.435 e. The van der Waals surface area contributed by atoms with Crippen LogP contribution < -0.4 is 10.6 Å². The second-order valence-corrected chi connectivity index (χ2v) is 7.91. The van der Waals surface area contributed by atoms with Crippen molar-refractivity contribution >= 4 is 45.0 Å². The SMILES string of the molecule is CCNC(=O)c1cc(Br)cc(C)c1NC(=O)c1cc(C(F)(F)F)nn1-c1ncccc1Cl. The van der Waals surface area contributed by atoms with Crippen molar-refractivity contribution in [2.45, 2.75) is 20.0 Å². The number of pyridine rings is 1. The first-order valence-electron chi connectivity index (χ1n) is 9.20. The highest BCUT2D eigenvalue weighted by Gasteiger charge is 2.36. The Bertz CT molecular complexity index is 1200. The van der Waals surface area contributed by atoms with Crippen LogP contribution in [0.3, 0.4) is 0 Å². The number of aromatic nitrogens is 3. The number of hydrogen-bond donors (Lipinski definition) is 2. The summed E-state index contributed by atoms with van der Waals surface area (Å²) in [4.78, 5) is 29.5. The van der Waals surface area contributed by atoms with Crippen LogP contribution in [0.4, 0.5) is 18.9 Å². The van der Waals surface area contributed by atoms with Crippen molar-refractivity contribution in [1.82, 2.24) is 20.1 Å². The Kier molecular flexibility index (Phi) is 6.89. The third kappa shape index (κ3) is 4.94. The summed E-state index contributed by atoms with van der Waals surface area (Å²) in [7, 11) is 0. The lowest BCUT2D eigenvalue weighted by Crippen LogP contribution is -2.26. The predicted octanol–water partition coefficient (Wildman–Crippen LogP) is 5.01. The van der Waals surface area contributed by atoms with E-state index in [4.69, 9.17) is 11.6 Å². The van der Waals surface area contributed by atoms with Crippen LogP contribution >= 0.6 is 27.5 Å². The number of benzene rings is 1. The molecule has 0 spiro atoms. The Morgan fingerprint density at radius 3 is 2.56 bits per heavy atom. The average Bonchev–Trinajstić information content (AvgIpc) is 3.16. The summed E-state index contributed by atoms with van der Waals surface area (Å²) in [6.07, 6.45) is -3.49. The molecule has 0 bridgehead atoms. The minimum atomic E-state index is -4.80. The number of anilines is 1. The summed E-state index contributed by atoms with van der Waals surface area (Å²) in [5.41, 5.74) is -0.933. The van der Waals surface area contributed by atoms with E-state index >= 15 is 0 Å². The lowest BCUT2D eigenvalue weighted by Gasteiger charge is -2.15. The number of halogens is 5. The van der Waals surface area contributed by atoms with E-state index in [2.05, 4.69) is 36.6 Å². The van der Waals surface area contributed by atoms with Crippen molar-refractivity contribution in [2.24, 2.45) is 0 Å². The minimum absolute atomic E-state index is 0.00112. The fourth-order valence-corrected chi connectivity index (χ4v) is 3.67. The van der Waals surface area contributed by atoms with Gasteiger partial charge < -0.3 is 10.6 Å². The first kappa shape index (κ1) is 23.7. The molecule has 7 nitrogen and oxygen atoms in total. The quantitative estimate of drug-likeness (QED) is 0.485. The fraction of sp³-hybridized carbons (Fsp3) is 0.200. The van der Waals surface area contributed by atoms with E-state index in [0.29, 0.717) is 22.6 Å². The van der Waals surface area contributed by atoms with Crippen LogP contribution in [0.1, 0.15) is 39.0 Å². The lowest BCUT2D eigenvalue weighted by atomic mass is 10.1. The molecule has 0 unspecified atom stereocenters. The number of hydrogen-bond acceptors (Lipinski definition) is 4. The Balaban J connectivity index is 2.11. The van der Waals surface area contributed by atoms with Gasteiger partial charge in [0.15, 0.2) is 11.5 Å². The number of aryl methyl sites for hydroxylation is 1. The molecule has 32 heavy (non-hydrogen) atoms. The Morgan fingerprint density at radius 2 is 1.94 bits per heavy atom. The van der Waals surface area contributed by atoms with Crippen molar-refractivity contribution in [2.75, 3.05) is 11.9 Å². The molecule has 0 aliphatic rings. The summed E-state index contributed by atoms with van der Waals surface area (Å²) in [6.45, 7) is 3.73. The molecular weight excluding hydrogens is 515 g/mol. The maximum atomic E-state index is 13.3. The standard InChI is InChI=1S/C20H16BrClF3N5O2/c1-3-26-18(31)12-8-11(21)7-10(2)16(12)28-19(32)14-9-15(20(23,24)25)29-30(14)17-13(22)5-4-6-27-17/h4-9H,3H2,1-2H3,(H,26,31)(H,28,32). The van der Waals surface area contributed by atoms with Gasteiger partial charge >= 0.3 is 6.18 Å². The Morgan fingerprint density at radius 1 is 1.22 bits per heavy atom. The first-order valence-corrected chi connectivity index (χ1v) is 10.4. The lowest BCUT2D eigenvalue weighted by molar-refractivity contribution is -0.141. The number of nitrogens with one attached hydrogen (secondary N) is 2. The summed E-state index contributed by atoms with van der Waals surface area (Å²) in [6, 6.07) is 6.66. The van der Waals surface area contributed by atoms with Crippen molar-refractivity contribution in [3.05, 3.63) is 68.5 Å². The fourth-order valence-electron chi connectivity index (χ4n) is 2.90. The first-order chi connectivity index (χ1) is 15.0. The van der Waals surface area contributed by atoms with Gasteiger partial charge in [0.1, 0.15) is 5.69 Å². The number of amides is 2. The van der Waals surface area contributed by atoms with Gasteiger partial charge in [-0.2, -0.15) is 18.3 Å². The molecule has 0 saturated heterocycles. The molecule has 1 aromatic carbocycles. The third-order valence-electron chi connectivity index (χ3n) is 4.29. The van der Waals surface area contributed by atoms with E-state index in [1.54, 1.807) is 19.9 Å². The van der Waals surface area contributed by atoms with Gasteiger partial charge in [-0.1, -0.05) is 27.5 Å². The molecular formula is C20H16BrClF3N5O2. The third-order valence-corrected chi connectivity index (χ3v) is 5.05. The Labute approximate surface area is 194 Å². The zero-order valence-corrected chi connectivity index (χ0v) is 19.1. The molecule has 0 aliphatic carbocycles.